The van der Waals surface area contributed by atoms with E-state index in [2.05, 4.69) is 230 Å². The second kappa shape index (κ2) is 13.0. The van der Waals surface area contributed by atoms with Crippen LogP contribution in [0.3, 0.4) is 0 Å². The summed E-state index contributed by atoms with van der Waals surface area (Å²) in [6.07, 6.45) is 0. The summed E-state index contributed by atoms with van der Waals surface area (Å²) in [7, 11) is 0. The van der Waals surface area contributed by atoms with Crippen molar-refractivity contribution in [3.05, 3.63) is 217 Å². The van der Waals surface area contributed by atoms with Gasteiger partial charge in [-0.15, -0.1) is 0 Å². The van der Waals surface area contributed by atoms with E-state index in [1.165, 1.54) is 77.1 Å². The largest absolute Gasteiger partial charge is 0.310 e. The Morgan fingerprint density at radius 1 is 0.368 bits per heavy atom. The first-order valence-corrected chi connectivity index (χ1v) is 19.8. The molecule has 0 fully saturated rings. The normalized spacial score (nSPS) is 12.9. The number of anilines is 3. The molecule has 1 aliphatic rings. The molecule has 1 aliphatic carbocycles. The molecular formula is C55H40N2. The van der Waals surface area contributed by atoms with Crippen LogP contribution in [0.4, 0.5) is 17.1 Å². The summed E-state index contributed by atoms with van der Waals surface area (Å²) in [4.78, 5) is 2.42. The van der Waals surface area contributed by atoms with Crippen molar-refractivity contribution >= 4 is 49.6 Å². The van der Waals surface area contributed by atoms with Crippen molar-refractivity contribution in [2.24, 2.45) is 0 Å². The zero-order chi connectivity index (χ0) is 38.1. The molecule has 270 valence electrons. The van der Waals surface area contributed by atoms with Gasteiger partial charge in [-0.2, -0.15) is 0 Å². The van der Waals surface area contributed by atoms with Gasteiger partial charge in [-0.1, -0.05) is 153 Å². The van der Waals surface area contributed by atoms with Gasteiger partial charge in [0.25, 0.3) is 0 Å². The molecule has 57 heavy (non-hydrogen) atoms. The quantitative estimate of drug-likeness (QED) is 0.165. The van der Waals surface area contributed by atoms with Crippen LogP contribution >= 0.6 is 0 Å². The van der Waals surface area contributed by atoms with Crippen LogP contribution in [0.25, 0.3) is 71.6 Å². The number of para-hydroxylation sites is 2. The first-order chi connectivity index (χ1) is 28.0. The van der Waals surface area contributed by atoms with E-state index < -0.39 is 0 Å². The van der Waals surface area contributed by atoms with Gasteiger partial charge in [0.1, 0.15) is 0 Å². The lowest BCUT2D eigenvalue weighted by Gasteiger charge is -2.28. The lowest BCUT2D eigenvalue weighted by molar-refractivity contribution is 0.660. The monoisotopic (exact) mass is 728 g/mol. The lowest BCUT2D eigenvalue weighted by atomic mass is 9.82. The lowest BCUT2D eigenvalue weighted by Crippen LogP contribution is -2.16. The topological polar surface area (TPSA) is 8.17 Å². The van der Waals surface area contributed by atoms with Crippen LogP contribution in [0.2, 0.25) is 0 Å². The van der Waals surface area contributed by atoms with Crippen LogP contribution in [0, 0.1) is 0 Å². The average Bonchev–Trinajstić information content (AvgIpc) is 3.72. The Labute approximate surface area is 333 Å². The van der Waals surface area contributed by atoms with Crippen LogP contribution in [-0.4, -0.2) is 4.57 Å². The molecule has 1 heterocycles. The number of hydrogen-bond acceptors (Lipinski definition) is 1. The van der Waals surface area contributed by atoms with Gasteiger partial charge in [-0.3, -0.25) is 0 Å². The van der Waals surface area contributed by atoms with Crippen LogP contribution in [0.1, 0.15) is 25.0 Å². The minimum Gasteiger partial charge on any atom is -0.310 e. The van der Waals surface area contributed by atoms with E-state index in [1.54, 1.807) is 0 Å². The van der Waals surface area contributed by atoms with Crippen LogP contribution in [0.15, 0.2) is 206 Å². The highest BCUT2D eigenvalue weighted by Crippen LogP contribution is 2.51. The minimum absolute atomic E-state index is 0.101. The van der Waals surface area contributed by atoms with Crippen LogP contribution in [-0.2, 0) is 5.41 Å². The first-order valence-electron chi connectivity index (χ1n) is 19.8. The van der Waals surface area contributed by atoms with Crippen molar-refractivity contribution in [1.29, 1.82) is 0 Å². The van der Waals surface area contributed by atoms with E-state index >= 15 is 0 Å². The Bertz CT molecular complexity index is 3090. The molecule has 0 atom stereocenters. The minimum atomic E-state index is -0.101. The van der Waals surface area contributed by atoms with E-state index in [0.29, 0.717) is 0 Å². The summed E-state index contributed by atoms with van der Waals surface area (Å²) >= 11 is 0. The van der Waals surface area contributed by atoms with Gasteiger partial charge in [0.05, 0.1) is 11.0 Å². The van der Waals surface area contributed by atoms with Gasteiger partial charge in [-0.05, 0) is 122 Å². The third kappa shape index (κ3) is 5.40. The molecule has 0 bridgehead atoms. The van der Waals surface area contributed by atoms with Gasteiger partial charge in [0.15, 0.2) is 0 Å². The summed E-state index contributed by atoms with van der Waals surface area (Å²) in [6.45, 7) is 4.71. The predicted octanol–water partition coefficient (Wildman–Crippen LogP) is 15.0. The Hall–Kier alpha value is -7.16. The summed E-state index contributed by atoms with van der Waals surface area (Å²) in [6, 6.07) is 75.6. The third-order valence-electron chi connectivity index (χ3n) is 12.2. The smallest absolute Gasteiger partial charge is 0.0541 e. The van der Waals surface area contributed by atoms with Crippen LogP contribution in [0.5, 0.6) is 0 Å². The molecule has 10 aromatic rings. The average molecular weight is 729 g/mol. The number of nitrogens with zero attached hydrogens (tertiary/aromatic N) is 2. The number of fused-ring (bicyclic) bond motifs is 7. The highest BCUT2D eigenvalue weighted by molar-refractivity contribution is 6.09. The molecule has 0 saturated carbocycles. The fourth-order valence-electron chi connectivity index (χ4n) is 9.28. The van der Waals surface area contributed by atoms with Gasteiger partial charge in [-0.25, -0.2) is 0 Å². The van der Waals surface area contributed by atoms with Crippen molar-refractivity contribution in [2.45, 2.75) is 19.3 Å². The molecule has 0 saturated heterocycles. The molecule has 2 heteroatoms. The van der Waals surface area contributed by atoms with Gasteiger partial charge in [0.2, 0.25) is 0 Å². The molecule has 0 radical (unpaired) electrons. The summed E-state index contributed by atoms with van der Waals surface area (Å²) < 4.78 is 2.37. The van der Waals surface area contributed by atoms with E-state index in [9.17, 15) is 0 Å². The molecule has 0 amide bonds. The Kier molecular flexibility index (Phi) is 7.55. The van der Waals surface area contributed by atoms with Crippen LogP contribution < -0.4 is 4.90 Å². The maximum atomic E-state index is 2.42. The maximum Gasteiger partial charge on any atom is 0.0541 e. The second-order valence-corrected chi connectivity index (χ2v) is 15.8. The second-order valence-electron chi connectivity index (χ2n) is 15.8. The number of benzene rings is 9. The molecule has 1 aromatic heterocycles. The zero-order valence-electron chi connectivity index (χ0n) is 32.0. The summed E-state index contributed by atoms with van der Waals surface area (Å²) in [5.41, 5.74) is 17.1. The van der Waals surface area contributed by atoms with Gasteiger partial charge < -0.3 is 9.47 Å². The number of rotatable bonds is 6. The molecule has 11 rings (SSSR count). The summed E-state index contributed by atoms with van der Waals surface area (Å²) in [5.74, 6) is 0. The van der Waals surface area contributed by atoms with E-state index in [-0.39, 0.29) is 5.41 Å². The Morgan fingerprint density at radius 2 is 0.930 bits per heavy atom. The fourth-order valence-corrected chi connectivity index (χ4v) is 9.28. The first kappa shape index (κ1) is 33.2. The van der Waals surface area contributed by atoms with Crippen molar-refractivity contribution in [3.63, 3.8) is 0 Å². The predicted molar refractivity (Wildman–Crippen MR) is 241 cm³/mol. The van der Waals surface area contributed by atoms with E-state index in [4.69, 9.17) is 0 Å². The fraction of sp³-hybridized carbons (Fsp3) is 0.0545. The Morgan fingerprint density at radius 3 is 1.68 bits per heavy atom. The third-order valence-corrected chi connectivity index (χ3v) is 12.2. The van der Waals surface area contributed by atoms with Crippen molar-refractivity contribution in [1.82, 2.24) is 4.57 Å². The van der Waals surface area contributed by atoms with E-state index in [1.807, 2.05) is 0 Å². The standard InChI is InChI=1S/C55H40N2/c1-55(2)51-19-8-5-16-47(51)48-33-32-46(36-52(48)55)56(45-15-11-14-41(35-45)42-23-22-37-12-3-4-13-40(37)34-42)43-28-24-38(25-29-43)39-26-30-44(31-27-39)57-53-20-9-6-17-49(53)50-18-7-10-21-54(50)57/h3-36H,1-2H3. The van der Waals surface area contributed by atoms with Gasteiger partial charge >= 0.3 is 0 Å². The van der Waals surface area contributed by atoms with Gasteiger partial charge in [0, 0.05) is 38.9 Å². The van der Waals surface area contributed by atoms with Crippen molar-refractivity contribution < 1.29 is 0 Å². The molecule has 0 unspecified atom stereocenters. The number of aromatic nitrogens is 1. The summed E-state index contributed by atoms with van der Waals surface area (Å²) in [5, 5.41) is 5.05. The maximum absolute atomic E-state index is 2.42. The van der Waals surface area contributed by atoms with Crippen molar-refractivity contribution in [3.8, 4) is 39.1 Å². The molecule has 0 aliphatic heterocycles. The van der Waals surface area contributed by atoms with Crippen molar-refractivity contribution in [2.75, 3.05) is 4.90 Å². The zero-order valence-corrected chi connectivity index (χ0v) is 32.0. The molecule has 0 N–H and O–H groups in total. The number of hydrogen-bond donors (Lipinski definition) is 0. The Balaban J connectivity index is 0.991. The highest BCUT2D eigenvalue weighted by Gasteiger charge is 2.35. The molecular weight excluding hydrogens is 689 g/mol. The highest BCUT2D eigenvalue weighted by atomic mass is 15.1. The van der Waals surface area contributed by atoms with E-state index in [0.717, 1.165) is 22.7 Å². The SMILES string of the molecule is CC1(C)c2ccccc2-c2ccc(N(c3ccc(-c4ccc(-n5c6ccccc6c6ccccc65)cc4)cc3)c3cccc(-c4ccc5ccccc5c4)c3)cc21. The molecule has 0 spiro atoms. The molecule has 2 nitrogen and oxygen atoms in total. The molecule has 9 aromatic carbocycles.